The molecule has 1 N–H and O–H groups in total. The highest BCUT2D eigenvalue weighted by atomic mass is 16.2. The van der Waals surface area contributed by atoms with Gasteiger partial charge in [-0.15, -0.1) is 0 Å². The summed E-state index contributed by atoms with van der Waals surface area (Å²) in [6.07, 6.45) is 1.08. The van der Waals surface area contributed by atoms with E-state index in [2.05, 4.69) is 5.32 Å². The van der Waals surface area contributed by atoms with Gasteiger partial charge in [-0.3, -0.25) is 9.59 Å². The van der Waals surface area contributed by atoms with Gasteiger partial charge in [0, 0.05) is 51.9 Å². The van der Waals surface area contributed by atoms with E-state index < -0.39 is 0 Å². The van der Waals surface area contributed by atoms with Gasteiger partial charge in [0.2, 0.25) is 11.8 Å². The number of nitrogens with one attached hydrogen (secondary N) is 1. The Morgan fingerprint density at radius 1 is 0.923 bits per heavy atom. The SMILES string of the molecule is CC(=O)N(CCC(=O)NCCc1ccccc1)c1ccc(N(C)C)cc1. The first-order chi connectivity index (χ1) is 12.5. The van der Waals surface area contributed by atoms with Crippen molar-refractivity contribution in [2.75, 3.05) is 37.0 Å². The van der Waals surface area contributed by atoms with Crippen molar-refractivity contribution >= 4 is 23.2 Å². The van der Waals surface area contributed by atoms with Gasteiger partial charge in [-0.1, -0.05) is 30.3 Å². The third-order valence-corrected chi connectivity index (χ3v) is 4.20. The lowest BCUT2D eigenvalue weighted by Gasteiger charge is -2.22. The monoisotopic (exact) mass is 353 g/mol. The predicted octanol–water partition coefficient (Wildman–Crippen LogP) is 2.85. The van der Waals surface area contributed by atoms with Crippen LogP contribution >= 0.6 is 0 Å². The molecule has 0 aliphatic heterocycles. The van der Waals surface area contributed by atoms with Crippen LogP contribution in [0.15, 0.2) is 54.6 Å². The van der Waals surface area contributed by atoms with E-state index in [1.54, 1.807) is 4.90 Å². The summed E-state index contributed by atoms with van der Waals surface area (Å²) >= 11 is 0. The highest BCUT2D eigenvalue weighted by Gasteiger charge is 2.13. The summed E-state index contributed by atoms with van der Waals surface area (Å²) in [6.45, 7) is 2.49. The van der Waals surface area contributed by atoms with E-state index in [-0.39, 0.29) is 18.2 Å². The molecule has 0 unspecified atom stereocenters. The minimum absolute atomic E-state index is 0.0444. The Morgan fingerprint density at radius 2 is 1.54 bits per heavy atom. The summed E-state index contributed by atoms with van der Waals surface area (Å²) < 4.78 is 0. The molecule has 0 fully saturated rings. The fourth-order valence-corrected chi connectivity index (χ4v) is 2.69. The van der Waals surface area contributed by atoms with Gasteiger partial charge in [0.15, 0.2) is 0 Å². The van der Waals surface area contributed by atoms with Crippen LogP contribution in [0.4, 0.5) is 11.4 Å². The van der Waals surface area contributed by atoms with Gasteiger partial charge in [0.05, 0.1) is 0 Å². The first kappa shape index (κ1) is 19.5. The van der Waals surface area contributed by atoms with Crippen LogP contribution in [0.25, 0.3) is 0 Å². The average molecular weight is 353 g/mol. The van der Waals surface area contributed by atoms with Crippen LogP contribution in [0.5, 0.6) is 0 Å². The minimum Gasteiger partial charge on any atom is -0.378 e. The summed E-state index contributed by atoms with van der Waals surface area (Å²) in [5, 5.41) is 2.92. The third kappa shape index (κ3) is 5.92. The van der Waals surface area contributed by atoms with E-state index in [9.17, 15) is 9.59 Å². The molecule has 2 rings (SSSR count). The molecule has 0 bridgehead atoms. The van der Waals surface area contributed by atoms with Gasteiger partial charge < -0.3 is 15.1 Å². The Morgan fingerprint density at radius 3 is 2.12 bits per heavy atom. The Labute approximate surface area is 155 Å². The van der Waals surface area contributed by atoms with Crippen molar-refractivity contribution in [2.45, 2.75) is 19.8 Å². The van der Waals surface area contributed by atoms with Gasteiger partial charge in [0.1, 0.15) is 0 Å². The maximum Gasteiger partial charge on any atom is 0.223 e. The number of benzene rings is 2. The van der Waals surface area contributed by atoms with Crippen LogP contribution in [-0.4, -0.2) is 39.0 Å². The number of hydrogen-bond donors (Lipinski definition) is 1. The normalized spacial score (nSPS) is 10.3. The largest absolute Gasteiger partial charge is 0.378 e. The van der Waals surface area contributed by atoms with Crippen molar-refractivity contribution in [2.24, 2.45) is 0 Å². The summed E-state index contributed by atoms with van der Waals surface area (Å²) in [7, 11) is 3.94. The summed E-state index contributed by atoms with van der Waals surface area (Å²) in [5.74, 6) is -0.114. The molecule has 5 nitrogen and oxygen atoms in total. The van der Waals surface area contributed by atoms with Crippen LogP contribution in [0, 0.1) is 0 Å². The molecule has 5 heteroatoms. The van der Waals surface area contributed by atoms with Gasteiger partial charge in [0.25, 0.3) is 0 Å². The molecule has 0 atom stereocenters. The van der Waals surface area contributed by atoms with Crippen molar-refractivity contribution in [3.05, 3.63) is 60.2 Å². The fraction of sp³-hybridized carbons (Fsp3) is 0.333. The van der Waals surface area contributed by atoms with E-state index in [1.165, 1.54) is 12.5 Å². The van der Waals surface area contributed by atoms with Crippen LogP contribution in [0.1, 0.15) is 18.9 Å². The van der Waals surface area contributed by atoms with Gasteiger partial charge in [-0.25, -0.2) is 0 Å². The van der Waals surface area contributed by atoms with Crippen LogP contribution in [0.2, 0.25) is 0 Å². The van der Waals surface area contributed by atoms with Crippen LogP contribution in [0.3, 0.4) is 0 Å². The summed E-state index contributed by atoms with van der Waals surface area (Å²) in [5.41, 5.74) is 3.07. The van der Waals surface area contributed by atoms with E-state index in [1.807, 2.05) is 73.6 Å². The Hall–Kier alpha value is -2.82. The lowest BCUT2D eigenvalue weighted by molar-refractivity contribution is -0.121. The van der Waals surface area contributed by atoms with Gasteiger partial charge in [-0.05, 0) is 36.2 Å². The second kappa shape index (κ2) is 9.61. The molecule has 0 aliphatic carbocycles. The molecule has 0 aromatic heterocycles. The van der Waals surface area contributed by atoms with Crippen molar-refractivity contribution in [1.29, 1.82) is 0 Å². The summed E-state index contributed by atoms with van der Waals surface area (Å²) in [6, 6.07) is 17.8. The molecule has 0 heterocycles. The van der Waals surface area contributed by atoms with Gasteiger partial charge in [-0.2, -0.15) is 0 Å². The Balaban J connectivity index is 1.83. The quantitative estimate of drug-likeness (QED) is 0.794. The molecule has 0 spiro atoms. The lowest BCUT2D eigenvalue weighted by Crippen LogP contribution is -2.34. The second-order valence-electron chi connectivity index (χ2n) is 6.42. The maximum absolute atomic E-state index is 12.1. The standard InChI is InChI=1S/C21H27N3O2/c1-17(25)24(20-11-9-19(10-12-20)23(2)3)16-14-21(26)22-15-13-18-7-5-4-6-8-18/h4-12H,13-16H2,1-3H3,(H,22,26). The highest BCUT2D eigenvalue weighted by Crippen LogP contribution is 2.20. The minimum atomic E-state index is -0.0697. The van der Waals surface area contributed by atoms with Crippen molar-refractivity contribution in [1.82, 2.24) is 5.32 Å². The molecule has 0 saturated carbocycles. The second-order valence-corrected chi connectivity index (χ2v) is 6.42. The van der Waals surface area contributed by atoms with Crippen molar-refractivity contribution in [3.63, 3.8) is 0 Å². The highest BCUT2D eigenvalue weighted by molar-refractivity contribution is 5.92. The van der Waals surface area contributed by atoms with Crippen LogP contribution in [-0.2, 0) is 16.0 Å². The fourth-order valence-electron chi connectivity index (χ4n) is 2.69. The Kier molecular flexibility index (Phi) is 7.21. The zero-order valence-electron chi connectivity index (χ0n) is 15.7. The number of carbonyl (C=O) groups excluding carboxylic acids is 2. The van der Waals surface area contributed by atoms with Gasteiger partial charge >= 0.3 is 0 Å². The number of amides is 2. The van der Waals surface area contributed by atoms with E-state index >= 15 is 0 Å². The number of anilines is 2. The number of hydrogen-bond acceptors (Lipinski definition) is 3. The van der Waals surface area contributed by atoms with E-state index in [0.29, 0.717) is 13.1 Å². The number of carbonyl (C=O) groups is 2. The number of nitrogens with zero attached hydrogens (tertiary/aromatic N) is 2. The molecular formula is C21H27N3O2. The molecule has 0 radical (unpaired) electrons. The molecule has 2 aromatic carbocycles. The smallest absolute Gasteiger partial charge is 0.223 e. The molecule has 26 heavy (non-hydrogen) atoms. The molecular weight excluding hydrogens is 326 g/mol. The van der Waals surface area contributed by atoms with Crippen LogP contribution < -0.4 is 15.1 Å². The number of rotatable bonds is 8. The average Bonchev–Trinajstić information content (AvgIpc) is 2.63. The predicted molar refractivity (Wildman–Crippen MR) is 107 cm³/mol. The first-order valence-corrected chi connectivity index (χ1v) is 8.83. The lowest BCUT2D eigenvalue weighted by atomic mass is 10.1. The molecule has 2 aromatic rings. The molecule has 138 valence electrons. The molecule has 0 saturated heterocycles. The molecule has 2 amide bonds. The van der Waals surface area contributed by atoms with E-state index in [4.69, 9.17) is 0 Å². The van der Waals surface area contributed by atoms with Crippen molar-refractivity contribution < 1.29 is 9.59 Å². The third-order valence-electron chi connectivity index (χ3n) is 4.20. The maximum atomic E-state index is 12.1. The summed E-state index contributed by atoms with van der Waals surface area (Å²) in [4.78, 5) is 27.7. The Bertz CT molecular complexity index is 712. The molecule has 0 aliphatic rings. The zero-order valence-corrected chi connectivity index (χ0v) is 15.7. The van der Waals surface area contributed by atoms with Crippen molar-refractivity contribution in [3.8, 4) is 0 Å². The van der Waals surface area contributed by atoms with E-state index in [0.717, 1.165) is 17.8 Å². The first-order valence-electron chi connectivity index (χ1n) is 8.83. The zero-order chi connectivity index (χ0) is 18.9. The topological polar surface area (TPSA) is 52.7 Å².